The number of nitrogens with one attached hydrogen (secondary N) is 2. The minimum atomic E-state index is -0.317. The highest BCUT2D eigenvalue weighted by Crippen LogP contribution is 2.07. The van der Waals surface area contributed by atoms with Crippen molar-refractivity contribution in [1.29, 1.82) is 0 Å². The summed E-state index contributed by atoms with van der Waals surface area (Å²) in [5.74, 6) is 0.772. The summed E-state index contributed by atoms with van der Waals surface area (Å²) in [6, 6.07) is 11.1. The van der Waals surface area contributed by atoms with Crippen LogP contribution in [0.2, 0.25) is 0 Å². The molecule has 0 unspecified atom stereocenters. The highest BCUT2D eigenvalue weighted by Gasteiger charge is 2.01. The molecule has 0 saturated heterocycles. The van der Waals surface area contributed by atoms with E-state index >= 15 is 0 Å². The first-order chi connectivity index (χ1) is 10.3. The van der Waals surface area contributed by atoms with E-state index in [0.717, 1.165) is 5.75 Å². The third-order valence-corrected chi connectivity index (χ3v) is 2.35. The van der Waals surface area contributed by atoms with Gasteiger partial charge in [0.15, 0.2) is 0 Å². The number of rotatable bonds is 8. The number of nitrogens with zero attached hydrogens (tertiary/aromatic N) is 2. The largest absolute Gasteiger partial charge is 0.491 e. The highest BCUT2D eigenvalue weighted by atomic mass is 16.5. The number of benzene rings is 1. The predicted octanol–water partition coefficient (Wildman–Crippen LogP) is 1.02. The van der Waals surface area contributed by atoms with Gasteiger partial charge < -0.3 is 9.47 Å². The molecule has 1 heterocycles. The zero-order valence-corrected chi connectivity index (χ0v) is 11.4. The summed E-state index contributed by atoms with van der Waals surface area (Å²) in [6.07, 6.45) is 3.14. The van der Waals surface area contributed by atoms with Crippen molar-refractivity contribution in [3.05, 3.63) is 48.8 Å². The molecule has 0 aliphatic rings. The maximum absolute atomic E-state index is 11.5. The third-order valence-electron chi connectivity index (χ3n) is 2.35. The normalized spacial score (nSPS) is 9.90. The quantitative estimate of drug-likeness (QED) is 0.557. The number of aromatic nitrogens is 2. The van der Waals surface area contributed by atoms with Gasteiger partial charge in [-0.15, -0.1) is 0 Å². The van der Waals surface area contributed by atoms with Gasteiger partial charge in [-0.3, -0.25) is 15.6 Å². The summed E-state index contributed by atoms with van der Waals surface area (Å²) in [7, 11) is 0. The van der Waals surface area contributed by atoms with Crippen molar-refractivity contribution in [2.45, 2.75) is 0 Å². The van der Waals surface area contributed by atoms with Crippen molar-refractivity contribution in [2.75, 3.05) is 25.2 Å². The summed E-state index contributed by atoms with van der Waals surface area (Å²) in [6.45, 7) is 0.634. The monoisotopic (exact) mass is 288 g/mol. The molecule has 21 heavy (non-hydrogen) atoms. The Morgan fingerprint density at radius 3 is 2.57 bits per heavy atom. The summed E-state index contributed by atoms with van der Waals surface area (Å²) in [4.78, 5) is 19.2. The van der Waals surface area contributed by atoms with Crippen LogP contribution < -0.4 is 15.6 Å². The van der Waals surface area contributed by atoms with Gasteiger partial charge in [-0.05, 0) is 18.2 Å². The van der Waals surface area contributed by atoms with Crippen LogP contribution in [0.1, 0.15) is 0 Å². The molecular formula is C14H16N4O3. The van der Waals surface area contributed by atoms with Crippen LogP contribution >= 0.6 is 0 Å². The van der Waals surface area contributed by atoms with Gasteiger partial charge in [-0.1, -0.05) is 18.2 Å². The maximum atomic E-state index is 11.5. The molecule has 0 aliphatic heterocycles. The summed E-state index contributed by atoms with van der Waals surface area (Å²) >= 11 is 0. The molecule has 1 aromatic carbocycles. The molecule has 0 spiro atoms. The number of hydrogen-bond donors (Lipinski definition) is 2. The van der Waals surface area contributed by atoms with Gasteiger partial charge in [-0.2, -0.15) is 0 Å². The van der Waals surface area contributed by atoms with Crippen molar-refractivity contribution >= 4 is 11.9 Å². The van der Waals surface area contributed by atoms with E-state index in [-0.39, 0.29) is 12.5 Å². The lowest BCUT2D eigenvalue weighted by atomic mass is 10.3. The fourth-order valence-electron chi connectivity index (χ4n) is 1.43. The van der Waals surface area contributed by atoms with E-state index in [1.807, 2.05) is 30.3 Å². The molecule has 2 aromatic rings. The second-order valence-corrected chi connectivity index (χ2v) is 3.96. The molecule has 7 heteroatoms. The predicted molar refractivity (Wildman–Crippen MR) is 76.6 cm³/mol. The SMILES string of the molecule is O=C(COCCOc1ccccc1)NNc1ncccn1. The fourth-order valence-corrected chi connectivity index (χ4v) is 1.43. The van der Waals surface area contributed by atoms with Gasteiger partial charge in [-0.25, -0.2) is 9.97 Å². The van der Waals surface area contributed by atoms with E-state index < -0.39 is 0 Å². The zero-order valence-electron chi connectivity index (χ0n) is 11.4. The van der Waals surface area contributed by atoms with Gasteiger partial charge in [0, 0.05) is 12.4 Å². The number of para-hydroxylation sites is 1. The topological polar surface area (TPSA) is 85.4 Å². The molecule has 0 atom stereocenters. The number of hydrazine groups is 1. The number of carbonyl (C=O) groups excluding carboxylic acids is 1. The number of ether oxygens (including phenoxy) is 2. The second-order valence-electron chi connectivity index (χ2n) is 3.96. The second kappa shape index (κ2) is 8.49. The fraction of sp³-hybridized carbons (Fsp3) is 0.214. The average Bonchev–Trinajstić information content (AvgIpc) is 2.54. The minimum absolute atomic E-state index is 0.0714. The third kappa shape index (κ3) is 5.87. The minimum Gasteiger partial charge on any atom is -0.491 e. The van der Waals surface area contributed by atoms with Crippen LogP contribution in [0.15, 0.2) is 48.8 Å². The lowest BCUT2D eigenvalue weighted by molar-refractivity contribution is -0.125. The van der Waals surface area contributed by atoms with Crippen molar-refractivity contribution in [2.24, 2.45) is 0 Å². The van der Waals surface area contributed by atoms with E-state index in [4.69, 9.17) is 9.47 Å². The van der Waals surface area contributed by atoms with Crippen molar-refractivity contribution < 1.29 is 14.3 Å². The van der Waals surface area contributed by atoms with E-state index in [1.54, 1.807) is 18.5 Å². The van der Waals surface area contributed by atoms with Gasteiger partial charge in [0.25, 0.3) is 5.91 Å². The number of hydrogen-bond acceptors (Lipinski definition) is 6. The van der Waals surface area contributed by atoms with Crippen LogP contribution in [-0.4, -0.2) is 35.7 Å². The van der Waals surface area contributed by atoms with Crippen LogP contribution in [0.4, 0.5) is 5.95 Å². The summed E-state index contributed by atoms with van der Waals surface area (Å²) in [5, 5.41) is 0. The molecule has 1 amide bonds. The van der Waals surface area contributed by atoms with Gasteiger partial charge in [0.1, 0.15) is 19.0 Å². The summed E-state index contributed by atoms with van der Waals surface area (Å²) in [5.41, 5.74) is 5.01. The number of amides is 1. The molecule has 1 aromatic heterocycles. The highest BCUT2D eigenvalue weighted by molar-refractivity contribution is 5.78. The Hall–Kier alpha value is -2.67. The van der Waals surface area contributed by atoms with E-state index in [9.17, 15) is 4.79 Å². The molecule has 0 radical (unpaired) electrons. The molecule has 0 fully saturated rings. The summed E-state index contributed by atoms with van der Waals surface area (Å²) < 4.78 is 10.6. The van der Waals surface area contributed by atoms with Crippen LogP contribution in [0.5, 0.6) is 5.75 Å². The van der Waals surface area contributed by atoms with Gasteiger partial charge in [0.05, 0.1) is 6.61 Å². The Morgan fingerprint density at radius 1 is 1.05 bits per heavy atom. The van der Waals surface area contributed by atoms with E-state index in [1.165, 1.54) is 0 Å². The first kappa shape index (κ1) is 14.7. The van der Waals surface area contributed by atoms with Crippen LogP contribution in [0, 0.1) is 0 Å². The Kier molecular flexibility index (Phi) is 5.96. The lowest BCUT2D eigenvalue weighted by Crippen LogP contribution is -2.33. The van der Waals surface area contributed by atoms with Crippen molar-refractivity contribution in [3.63, 3.8) is 0 Å². The number of anilines is 1. The molecule has 0 saturated carbocycles. The molecule has 2 rings (SSSR count). The number of carbonyl (C=O) groups is 1. The molecular weight excluding hydrogens is 272 g/mol. The molecule has 7 nitrogen and oxygen atoms in total. The molecule has 0 aliphatic carbocycles. The average molecular weight is 288 g/mol. The Bertz CT molecular complexity index is 536. The van der Waals surface area contributed by atoms with E-state index in [2.05, 4.69) is 20.8 Å². The standard InChI is InChI=1S/C14H16N4O3/c19-13(17-18-14-15-7-4-8-16-14)11-20-9-10-21-12-5-2-1-3-6-12/h1-8H,9-11H2,(H,17,19)(H,15,16,18). The van der Waals surface area contributed by atoms with E-state index in [0.29, 0.717) is 19.2 Å². The molecule has 110 valence electrons. The van der Waals surface area contributed by atoms with Crippen LogP contribution in [0.3, 0.4) is 0 Å². The molecule has 0 bridgehead atoms. The Labute approximate surface area is 122 Å². The van der Waals surface area contributed by atoms with Gasteiger partial charge >= 0.3 is 0 Å². The van der Waals surface area contributed by atoms with Crippen LogP contribution in [-0.2, 0) is 9.53 Å². The smallest absolute Gasteiger partial charge is 0.264 e. The lowest BCUT2D eigenvalue weighted by Gasteiger charge is -2.08. The first-order valence-electron chi connectivity index (χ1n) is 6.42. The first-order valence-corrected chi connectivity index (χ1v) is 6.42. The maximum Gasteiger partial charge on any atom is 0.264 e. The van der Waals surface area contributed by atoms with Crippen molar-refractivity contribution in [3.8, 4) is 5.75 Å². The Balaban J connectivity index is 1.53. The molecule has 2 N–H and O–H groups in total. The van der Waals surface area contributed by atoms with Crippen molar-refractivity contribution in [1.82, 2.24) is 15.4 Å². The van der Waals surface area contributed by atoms with Crippen LogP contribution in [0.25, 0.3) is 0 Å². The van der Waals surface area contributed by atoms with Gasteiger partial charge in [0.2, 0.25) is 5.95 Å². The zero-order chi connectivity index (χ0) is 14.8. The Morgan fingerprint density at radius 2 is 1.81 bits per heavy atom.